The van der Waals surface area contributed by atoms with E-state index >= 15 is 0 Å². The molecule has 1 heterocycles. The fraction of sp³-hybridized carbons (Fsp3) is 1.00. The van der Waals surface area contributed by atoms with E-state index in [-0.39, 0.29) is 5.79 Å². The third kappa shape index (κ3) is 1.91. The molecule has 2 fully saturated rings. The molecule has 0 aromatic rings. The van der Waals surface area contributed by atoms with Gasteiger partial charge in [0.2, 0.25) is 0 Å². The second-order valence-corrected chi connectivity index (χ2v) is 6.15. The molecule has 1 spiro atoms. The summed E-state index contributed by atoms with van der Waals surface area (Å²) < 4.78 is 11.6. The first-order chi connectivity index (χ1) is 7.51. The van der Waals surface area contributed by atoms with Gasteiger partial charge in [-0.25, -0.2) is 0 Å². The largest absolute Gasteiger partial charge is 0.348 e. The van der Waals surface area contributed by atoms with Crippen LogP contribution in [0.25, 0.3) is 0 Å². The highest BCUT2D eigenvalue weighted by Crippen LogP contribution is 2.52. The topological polar surface area (TPSA) is 18.5 Å². The predicted molar refractivity (Wildman–Crippen MR) is 65.2 cm³/mol. The average Bonchev–Trinajstić information content (AvgIpc) is 2.67. The number of ether oxygens (including phenoxy) is 2. The van der Waals surface area contributed by atoms with E-state index in [1.54, 1.807) is 0 Å². The summed E-state index contributed by atoms with van der Waals surface area (Å²) >= 11 is 0. The number of hydrogen-bond acceptors (Lipinski definition) is 2. The van der Waals surface area contributed by atoms with Gasteiger partial charge in [0, 0.05) is 12.8 Å². The fourth-order valence-corrected chi connectivity index (χ4v) is 3.70. The van der Waals surface area contributed by atoms with Gasteiger partial charge in [-0.05, 0) is 30.1 Å². The maximum atomic E-state index is 5.81. The summed E-state index contributed by atoms with van der Waals surface area (Å²) in [6.07, 6.45) is 4.68. The predicted octanol–water partition coefficient (Wildman–Crippen LogP) is 3.60. The van der Waals surface area contributed by atoms with Crippen LogP contribution in [0.2, 0.25) is 0 Å². The van der Waals surface area contributed by atoms with Crippen LogP contribution in [0, 0.1) is 17.3 Å². The Morgan fingerprint density at radius 3 is 1.56 bits per heavy atom. The second-order valence-electron chi connectivity index (χ2n) is 6.15. The van der Waals surface area contributed by atoms with Gasteiger partial charge >= 0.3 is 0 Å². The van der Waals surface area contributed by atoms with Crippen LogP contribution in [0.1, 0.15) is 53.4 Å². The lowest BCUT2D eigenvalue weighted by Crippen LogP contribution is -2.44. The molecule has 2 nitrogen and oxygen atoms in total. The van der Waals surface area contributed by atoms with Crippen LogP contribution in [0.15, 0.2) is 0 Å². The van der Waals surface area contributed by atoms with E-state index in [2.05, 4.69) is 27.7 Å². The van der Waals surface area contributed by atoms with Crippen molar-refractivity contribution in [1.82, 2.24) is 0 Å². The Bertz CT molecular complexity index is 219. The van der Waals surface area contributed by atoms with Crippen molar-refractivity contribution >= 4 is 0 Å². The Morgan fingerprint density at radius 2 is 1.19 bits per heavy atom. The highest BCUT2D eigenvalue weighted by molar-refractivity contribution is 4.94. The van der Waals surface area contributed by atoms with Crippen molar-refractivity contribution in [1.29, 1.82) is 0 Å². The zero-order valence-corrected chi connectivity index (χ0v) is 11.2. The third-order valence-corrected chi connectivity index (χ3v) is 5.06. The van der Waals surface area contributed by atoms with Crippen molar-refractivity contribution in [2.45, 2.75) is 59.2 Å². The molecule has 0 N–H and O–H groups in total. The van der Waals surface area contributed by atoms with E-state index in [0.29, 0.717) is 5.41 Å². The molecule has 1 aliphatic carbocycles. The molecule has 0 radical (unpaired) electrons. The van der Waals surface area contributed by atoms with E-state index in [1.807, 2.05) is 0 Å². The van der Waals surface area contributed by atoms with Crippen molar-refractivity contribution in [3.8, 4) is 0 Å². The smallest absolute Gasteiger partial charge is 0.168 e. The summed E-state index contributed by atoms with van der Waals surface area (Å²) in [6.45, 7) is 11.1. The molecule has 1 aliphatic heterocycles. The van der Waals surface area contributed by atoms with Gasteiger partial charge in [-0.15, -0.1) is 0 Å². The normalized spacial score (nSPS) is 28.1. The highest BCUT2D eigenvalue weighted by Gasteiger charge is 2.48. The van der Waals surface area contributed by atoms with Gasteiger partial charge in [-0.2, -0.15) is 0 Å². The van der Waals surface area contributed by atoms with E-state index in [1.165, 1.54) is 12.8 Å². The van der Waals surface area contributed by atoms with Crippen molar-refractivity contribution in [2.75, 3.05) is 13.2 Å². The van der Waals surface area contributed by atoms with E-state index < -0.39 is 0 Å². The van der Waals surface area contributed by atoms with Crippen LogP contribution in [0.3, 0.4) is 0 Å². The third-order valence-electron chi connectivity index (χ3n) is 5.06. The van der Waals surface area contributed by atoms with Crippen LogP contribution in [0.5, 0.6) is 0 Å². The Morgan fingerprint density at radius 1 is 0.750 bits per heavy atom. The van der Waals surface area contributed by atoms with E-state index in [4.69, 9.17) is 9.47 Å². The standard InChI is InChI=1S/C14H26O2/c1-11(2)13(12(3)4)5-7-14(8-6-13)15-9-10-16-14/h11-12H,5-10H2,1-4H3. The Labute approximate surface area is 99.7 Å². The summed E-state index contributed by atoms with van der Waals surface area (Å²) in [5.74, 6) is 1.31. The first kappa shape index (κ1) is 12.4. The minimum Gasteiger partial charge on any atom is -0.348 e. The summed E-state index contributed by atoms with van der Waals surface area (Å²) in [5.41, 5.74) is 0.501. The molecule has 0 aromatic carbocycles. The second kappa shape index (κ2) is 4.30. The van der Waals surface area contributed by atoms with Crippen molar-refractivity contribution in [3.63, 3.8) is 0 Å². The fourth-order valence-electron chi connectivity index (χ4n) is 3.70. The Hall–Kier alpha value is -0.0800. The van der Waals surface area contributed by atoms with Crippen LogP contribution < -0.4 is 0 Å². The molecule has 0 unspecified atom stereocenters. The van der Waals surface area contributed by atoms with Gasteiger partial charge < -0.3 is 9.47 Å². The Kier molecular flexibility index (Phi) is 3.33. The molecule has 0 amide bonds. The number of rotatable bonds is 2. The van der Waals surface area contributed by atoms with Gasteiger partial charge in [0.15, 0.2) is 5.79 Å². The molecule has 0 aromatic heterocycles. The molecule has 16 heavy (non-hydrogen) atoms. The van der Waals surface area contributed by atoms with Crippen LogP contribution in [0.4, 0.5) is 0 Å². The molecule has 0 bridgehead atoms. The first-order valence-electron chi connectivity index (χ1n) is 6.79. The molecule has 2 rings (SSSR count). The lowest BCUT2D eigenvalue weighted by Gasteiger charge is -2.49. The molecular formula is C14H26O2. The lowest BCUT2D eigenvalue weighted by atomic mass is 9.60. The molecule has 94 valence electrons. The van der Waals surface area contributed by atoms with Gasteiger partial charge in [0.1, 0.15) is 0 Å². The monoisotopic (exact) mass is 226 g/mol. The molecule has 1 saturated heterocycles. The quantitative estimate of drug-likeness (QED) is 0.716. The maximum Gasteiger partial charge on any atom is 0.168 e. The minimum atomic E-state index is -0.201. The summed E-state index contributed by atoms with van der Waals surface area (Å²) in [7, 11) is 0. The van der Waals surface area contributed by atoms with Crippen molar-refractivity contribution < 1.29 is 9.47 Å². The van der Waals surface area contributed by atoms with Gasteiger partial charge in [-0.1, -0.05) is 27.7 Å². The van der Waals surface area contributed by atoms with Crippen LogP contribution in [-0.2, 0) is 9.47 Å². The molecule has 2 heteroatoms. The molecular weight excluding hydrogens is 200 g/mol. The van der Waals surface area contributed by atoms with Crippen LogP contribution >= 0.6 is 0 Å². The average molecular weight is 226 g/mol. The Balaban J connectivity index is 2.06. The van der Waals surface area contributed by atoms with Gasteiger partial charge in [0.25, 0.3) is 0 Å². The van der Waals surface area contributed by atoms with E-state index in [0.717, 1.165) is 37.9 Å². The summed E-state index contributed by atoms with van der Waals surface area (Å²) in [5, 5.41) is 0. The van der Waals surface area contributed by atoms with E-state index in [9.17, 15) is 0 Å². The number of hydrogen-bond donors (Lipinski definition) is 0. The van der Waals surface area contributed by atoms with Crippen LogP contribution in [-0.4, -0.2) is 19.0 Å². The zero-order valence-electron chi connectivity index (χ0n) is 11.2. The summed E-state index contributed by atoms with van der Waals surface area (Å²) in [4.78, 5) is 0. The van der Waals surface area contributed by atoms with Gasteiger partial charge in [0.05, 0.1) is 13.2 Å². The maximum absolute atomic E-state index is 5.81. The molecule has 0 atom stereocenters. The molecule has 1 saturated carbocycles. The first-order valence-corrected chi connectivity index (χ1v) is 6.79. The van der Waals surface area contributed by atoms with Crippen molar-refractivity contribution in [3.05, 3.63) is 0 Å². The highest BCUT2D eigenvalue weighted by atomic mass is 16.7. The van der Waals surface area contributed by atoms with Crippen molar-refractivity contribution in [2.24, 2.45) is 17.3 Å². The van der Waals surface area contributed by atoms with Gasteiger partial charge in [-0.3, -0.25) is 0 Å². The SMILES string of the molecule is CC(C)C1(C(C)C)CCC2(CC1)OCCO2. The summed E-state index contributed by atoms with van der Waals surface area (Å²) in [6, 6.07) is 0. The zero-order chi connectivity index (χ0) is 11.8. The minimum absolute atomic E-state index is 0.201. The lowest BCUT2D eigenvalue weighted by molar-refractivity contribution is -0.200. The molecule has 2 aliphatic rings.